The maximum absolute atomic E-state index is 11.1. The van der Waals surface area contributed by atoms with Crippen LogP contribution in [0.15, 0.2) is 12.2 Å². The van der Waals surface area contributed by atoms with Crippen molar-refractivity contribution in [2.24, 2.45) is 23.7 Å². The molecule has 2 bridgehead atoms. The lowest BCUT2D eigenvalue weighted by Gasteiger charge is -2.26. The molecule has 0 aliphatic heterocycles. The van der Waals surface area contributed by atoms with Crippen molar-refractivity contribution < 1.29 is 25.2 Å². The number of allylic oxidation sites excluding steroid dienone is 2. The Morgan fingerprint density at radius 2 is 1.26 bits per heavy atom. The van der Waals surface area contributed by atoms with Crippen molar-refractivity contribution in [3.05, 3.63) is 12.2 Å². The normalized spacial score (nSPS) is 34.0. The Labute approximate surface area is 114 Å². The van der Waals surface area contributed by atoms with Gasteiger partial charge in [0, 0.05) is 0 Å². The molecule has 0 spiro atoms. The molecule has 0 saturated heterocycles. The lowest BCUT2D eigenvalue weighted by molar-refractivity contribution is 0.140. The fourth-order valence-corrected chi connectivity index (χ4v) is 3.73. The molecule has 2 rings (SSSR count). The summed E-state index contributed by atoms with van der Waals surface area (Å²) in [5.41, 5.74) is 0. The molecule has 0 aromatic carbocycles. The second kappa shape index (κ2) is 5.16. The zero-order valence-corrected chi connectivity index (χ0v) is 12.5. The Morgan fingerprint density at radius 1 is 0.895 bits per heavy atom. The number of fused-ring (bicyclic) bond motifs is 2. The van der Waals surface area contributed by atoms with E-state index in [2.05, 4.69) is 12.2 Å². The molecule has 0 N–H and O–H groups in total. The van der Waals surface area contributed by atoms with Crippen molar-refractivity contribution in [2.45, 2.75) is 6.42 Å². The summed E-state index contributed by atoms with van der Waals surface area (Å²) in [6.45, 7) is 0.171. The minimum Gasteiger partial charge on any atom is -0.270 e. The molecule has 8 heteroatoms. The van der Waals surface area contributed by atoms with E-state index in [0.717, 1.165) is 18.9 Å². The van der Waals surface area contributed by atoms with Gasteiger partial charge in [0.15, 0.2) is 0 Å². The van der Waals surface area contributed by atoms with Gasteiger partial charge >= 0.3 is 0 Å². The van der Waals surface area contributed by atoms with E-state index in [1.807, 2.05) is 0 Å². The standard InChI is InChI=1S/C11H18O6S2/c1-18(12,13)16-6-10-8-3-4-9(5-8)11(10)7-17-19(2,14)15/h3-4,8-11H,5-7H2,1-2H3/t8-,9-,10+,11+/m0/s1. The monoisotopic (exact) mass is 310 g/mol. The molecule has 2 aliphatic carbocycles. The van der Waals surface area contributed by atoms with Crippen molar-refractivity contribution in [1.29, 1.82) is 0 Å². The molecule has 0 aromatic rings. The lowest BCUT2D eigenvalue weighted by atomic mass is 9.84. The van der Waals surface area contributed by atoms with Crippen LogP contribution in [0.1, 0.15) is 6.42 Å². The predicted molar refractivity (Wildman–Crippen MR) is 69.3 cm³/mol. The van der Waals surface area contributed by atoms with E-state index in [9.17, 15) is 16.8 Å². The first-order valence-corrected chi connectivity index (χ1v) is 9.66. The smallest absolute Gasteiger partial charge is 0.264 e. The molecule has 1 fully saturated rings. The van der Waals surface area contributed by atoms with Crippen LogP contribution < -0.4 is 0 Å². The van der Waals surface area contributed by atoms with E-state index >= 15 is 0 Å². The minimum atomic E-state index is -3.48. The van der Waals surface area contributed by atoms with Crippen LogP contribution in [0, 0.1) is 23.7 Å². The van der Waals surface area contributed by atoms with E-state index in [-0.39, 0.29) is 36.9 Å². The van der Waals surface area contributed by atoms with E-state index in [0.29, 0.717) is 0 Å². The topological polar surface area (TPSA) is 86.7 Å². The summed E-state index contributed by atoms with van der Waals surface area (Å²) in [5, 5.41) is 0. The van der Waals surface area contributed by atoms with Crippen LogP contribution >= 0.6 is 0 Å². The van der Waals surface area contributed by atoms with Gasteiger partial charge in [0.1, 0.15) is 0 Å². The SMILES string of the molecule is CS(=O)(=O)OC[C@H]1[C@H](COS(C)(=O)=O)[C@H]2C=C[C@H]1C2. The number of rotatable bonds is 6. The van der Waals surface area contributed by atoms with E-state index < -0.39 is 20.2 Å². The fraction of sp³-hybridized carbons (Fsp3) is 0.818. The Kier molecular flexibility index (Phi) is 4.06. The van der Waals surface area contributed by atoms with Gasteiger partial charge in [-0.1, -0.05) is 12.2 Å². The molecule has 0 aromatic heterocycles. The van der Waals surface area contributed by atoms with Crippen molar-refractivity contribution >= 4 is 20.2 Å². The molecule has 110 valence electrons. The predicted octanol–water partition coefficient (Wildman–Crippen LogP) is 0.377. The highest BCUT2D eigenvalue weighted by Gasteiger charge is 2.45. The molecule has 0 unspecified atom stereocenters. The van der Waals surface area contributed by atoms with Crippen molar-refractivity contribution in [2.75, 3.05) is 25.7 Å². The van der Waals surface area contributed by atoms with Gasteiger partial charge in [-0.25, -0.2) is 0 Å². The molecule has 0 heterocycles. The van der Waals surface area contributed by atoms with Crippen LogP contribution in [-0.4, -0.2) is 42.6 Å². The van der Waals surface area contributed by atoms with Gasteiger partial charge in [-0.15, -0.1) is 0 Å². The molecule has 1 saturated carbocycles. The maximum atomic E-state index is 11.1. The van der Waals surface area contributed by atoms with Gasteiger partial charge in [-0.2, -0.15) is 16.8 Å². The second-order valence-corrected chi connectivity index (χ2v) is 8.54. The Morgan fingerprint density at radius 3 is 1.58 bits per heavy atom. The van der Waals surface area contributed by atoms with Crippen LogP contribution in [-0.2, 0) is 28.6 Å². The summed E-state index contributed by atoms with van der Waals surface area (Å²) in [7, 11) is -6.96. The zero-order chi connectivity index (χ0) is 14.3. The third-order valence-corrected chi connectivity index (χ3v) is 4.88. The summed E-state index contributed by atoms with van der Waals surface area (Å²) >= 11 is 0. The molecule has 19 heavy (non-hydrogen) atoms. The molecule has 6 nitrogen and oxygen atoms in total. The van der Waals surface area contributed by atoms with E-state index in [1.165, 1.54) is 0 Å². The van der Waals surface area contributed by atoms with Crippen LogP contribution in [0.4, 0.5) is 0 Å². The average Bonchev–Trinajstić information content (AvgIpc) is 2.81. The highest BCUT2D eigenvalue weighted by molar-refractivity contribution is 7.86. The molecule has 4 atom stereocenters. The molecular weight excluding hydrogens is 292 g/mol. The molecule has 0 radical (unpaired) electrons. The van der Waals surface area contributed by atoms with Crippen LogP contribution in [0.2, 0.25) is 0 Å². The van der Waals surface area contributed by atoms with Crippen LogP contribution in [0.25, 0.3) is 0 Å². The van der Waals surface area contributed by atoms with E-state index in [4.69, 9.17) is 8.37 Å². The summed E-state index contributed by atoms with van der Waals surface area (Å²) in [4.78, 5) is 0. The summed E-state index contributed by atoms with van der Waals surface area (Å²) < 4.78 is 53.9. The highest BCUT2D eigenvalue weighted by atomic mass is 32.2. The molecular formula is C11H18O6S2. The highest BCUT2D eigenvalue weighted by Crippen LogP contribution is 2.48. The van der Waals surface area contributed by atoms with Crippen LogP contribution in [0.5, 0.6) is 0 Å². The van der Waals surface area contributed by atoms with Gasteiger partial charge < -0.3 is 0 Å². The first kappa shape index (κ1) is 15.0. The van der Waals surface area contributed by atoms with Gasteiger partial charge in [0.25, 0.3) is 20.2 Å². The molecule has 2 aliphatic rings. The Bertz CT molecular complexity index is 512. The second-order valence-electron chi connectivity index (χ2n) is 5.25. The van der Waals surface area contributed by atoms with Gasteiger partial charge in [0.2, 0.25) is 0 Å². The van der Waals surface area contributed by atoms with Crippen molar-refractivity contribution in [3.8, 4) is 0 Å². The van der Waals surface area contributed by atoms with Crippen molar-refractivity contribution in [3.63, 3.8) is 0 Å². The first-order valence-electron chi connectivity index (χ1n) is 6.03. The first-order chi connectivity index (χ1) is 8.66. The van der Waals surface area contributed by atoms with Gasteiger partial charge in [0.05, 0.1) is 25.7 Å². The zero-order valence-electron chi connectivity index (χ0n) is 10.9. The summed E-state index contributed by atoms with van der Waals surface area (Å²) in [6, 6.07) is 0. The van der Waals surface area contributed by atoms with E-state index in [1.54, 1.807) is 0 Å². The number of hydrogen-bond donors (Lipinski definition) is 0. The largest absolute Gasteiger partial charge is 0.270 e. The fourth-order valence-electron chi connectivity index (χ4n) is 2.93. The van der Waals surface area contributed by atoms with Gasteiger partial charge in [-0.3, -0.25) is 8.37 Å². The summed E-state index contributed by atoms with van der Waals surface area (Å²) in [6.07, 6.45) is 7.04. The van der Waals surface area contributed by atoms with Crippen LogP contribution in [0.3, 0.4) is 0 Å². The third kappa shape index (κ3) is 4.01. The Balaban J connectivity index is 2.01. The minimum absolute atomic E-state index is 0.00789. The molecule has 0 amide bonds. The van der Waals surface area contributed by atoms with Gasteiger partial charge in [-0.05, 0) is 30.1 Å². The lowest BCUT2D eigenvalue weighted by Crippen LogP contribution is -2.29. The quantitative estimate of drug-likeness (QED) is 0.520. The van der Waals surface area contributed by atoms with Crippen molar-refractivity contribution in [1.82, 2.24) is 0 Å². The summed E-state index contributed by atoms with van der Waals surface area (Å²) in [5.74, 6) is 0.484. The third-order valence-electron chi connectivity index (χ3n) is 3.75. The maximum Gasteiger partial charge on any atom is 0.264 e. The Hall–Kier alpha value is -0.440. The average molecular weight is 310 g/mol. The number of hydrogen-bond acceptors (Lipinski definition) is 6.